The van der Waals surface area contributed by atoms with Crippen LogP contribution < -0.4 is 9.80 Å². The Kier molecular flexibility index (Phi) is 5.54. The molecule has 1 heterocycles. The third-order valence-electron chi connectivity index (χ3n) is 8.91. The highest BCUT2D eigenvalue weighted by molar-refractivity contribution is 6.19. The Morgan fingerprint density at radius 3 is 1.86 bits per heavy atom. The maximum atomic E-state index is 2.43. The molecule has 2 nitrogen and oxygen atoms in total. The summed E-state index contributed by atoms with van der Waals surface area (Å²) in [5.74, 6) is 0. The number of nitrogens with zero attached hydrogens (tertiary/aromatic N) is 2. The molecule has 1 aliphatic heterocycles. The fraction of sp³-hybridized carbons (Fsp3) is 0. The molecule has 9 rings (SSSR count). The van der Waals surface area contributed by atoms with Crippen molar-refractivity contribution in [3.05, 3.63) is 170 Å². The summed E-state index contributed by atoms with van der Waals surface area (Å²) in [6.45, 7) is 0. The fourth-order valence-electron chi connectivity index (χ4n) is 6.94. The minimum Gasteiger partial charge on any atom is -0.310 e. The summed E-state index contributed by atoms with van der Waals surface area (Å²) < 4.78 is 0. The van der Waals surface area contributed by atoms with Crippen LogP contribution in [0.15, 0.2) is 170 Å². The van der Waals surface area contributed by atoms with Crippen LogP contribution in [0.1, 0.15) is 0 Å². The van der Waals surface area contributed by atoms with Crippen molar-refractivity contribution in [1.29, 1.82) is 0 Å². The zero-order chi connectivity index (χ0) is 29.0. The van der Waals surface area contributed by atoms with Gasteiger partial charge in [0.15, 0.2) is 0 Å². The van der Waals surface area contributed by atoms with Crippen molar-refractivity contribution >= 4 is 66.4 Å². The van der Waals surface area contributed by atoms with Crippen LogP contribution in [-0.4, -0.2) is 0 Å². The lowest BCUT2D eigenvalue weighted by Crippen LogP contribution is -2.15. The molecule has 0 saturated carbocycles. The molecule has 206 valence electrons. The molecule has 0 atom stereocenters. The molecule has 0 spiro atoms. The molecular weight excluding hydrogens is 532 g/mol. The van der Waals surface area contributed by atoms with Crippen molar-refractivity contribution in [1.82, 2.24) is 0 Å². The SMILES string of the molecule is c1ccc(N(c2ccc(N3c4ccc5ccccc5c4-c4cccc5cccc3c45)cc2)c2ccc3ccccc3c2)cc1. The van der Waals surface area contributed by atoms with Gasteiger partial charge in [0.05, 0.1) is 11.4 Å². The number of fused-ring (bicyclic) bond motifs is 5. The monoisotopic (exact) mass is 560 g/mol. The predicted octanol–water partition coefficient (Wildman–Crippen LogP) is 12.1. The first-order chi connectivity index (χ1) is 21.8. The van der Waals surface area contributed by atoms with Crippen LogP contribution in [0.5, 0.6) is 0 Å². The Bertz CT molecular complexity index is 2330. The first kappa shape index (κ1) is 24.7. The molecule has 0 saturated heterocycles. The largest absolute Gasteiger partial charge is 0.310 e. The summed E-state index contributed by atoms with van der Waals surface area (Å²) in [5.41, 5.74) is 9.52. The smallest absolute Gasteiger partial charge is 0.0547 e. The fourth-order valence-corrected chi connectivity index (χ4v) is 6.94. The predicted molar refractivity (Wildman–Crippen MR) is 187 cm³/mol. The summed E-state index contributed by atoms with van der Waals surface area (Å²) >= 11 is 0. The Morgan fingerprint density at radius 1 is 0.386 bits per heavy atom. The van der Waals surface area contributed by atoms with Gasteiger partial charge >= 0.3 is 0 Å². The van der Waals surface area contributed by atoms with Crippen LogP contribution in [0, 0.1) is 0 Å². The number of hydrogen-bond donors (Lipinski definition) is 0. The average Bonchev–Trinajstić information content (AvgIpc) is 3.09. The highest BCUT2D eigenvalue weighted by Crippen LogP contribution is 2.53. The van der Waals surface area contributed by atoms with E-state index in [1.807, 2.05) is 0 Å². The molecule has 0 unspecified atom stereocenters. The van der Waals surface area contributed by atoms with Gasteiger partial charge in [0.25, 0.3) is 0 Å². The molecule has 2 heteroatoms. The number of para-hydroxylation sites is 1. The highest BCUT2D eigenvalue weighted by Gasteiger charge is 2.27. The van der Waals surface area contributed by atoms with Gasteiger partial charge in [-0.1, -0.05) is 109 Å². The van der Waals surface area contributed by atoms with Crippen LogP contribution in [0.3, 0.4) is 0 Å². The molecule has 8 aromatic carbocycles. The summed E-state index contributed by atoms with van der Waals surface area (Å²) in [6.07, 6.45) is 0. The van der Waals surface area contributed by atoms with Crippen LogP contribution >= 0.6 is 0 Å². The van der Waals surface area contributed by atoms with Crippen LogP contribution in [0.2, 0.25) is 0 Å². The highest BCUT2D eigenvalue weighted by atomic mass is 15.2. The molecule has 0 aromatic heterocycles. The maximum absolute atomic E-state index is 2.43. The number of hydrogen-bond acceptors (Lipinski definition) is 2. The van der Waals surface area contributed by atoms with Crippen molar-refractivity contribution in [2.24, 2.45) is 0 Å². The van der Waals surface area contributed by atoms with E-state index >= 15 is 0 Å². The van der Waals surface area contributed by atoms with Gasteiger partial charge in [0, 0.05) is 33.7 Å². The second-order valence-electron chi connectivity index (χ2n) is 11.4. The van der Waals surface area contributed by atoms with E-state index in [0.29, 0.717) is 0 Å². The van der Waals surface area contributed by atoms with Crippen molar-refractivity contribution in [2.45, 2.75) is 0 Å². The lowest BCUT2D eigenvalue weighted by Gasteiger charge is -2.34. The Labute approximate surface area is 256 Å². The summed E-state index contributed by atoms with van der Waals surface area (Å²) in [6, 6.07) is 61.5. The van der Waals surface area contributed by atoms with E-state index in [1.54, 1.807) is 0 Å². The van der Waals surface area contributed by atoms with Crippen molar-refractivity contribution in [3.8, 4) is 11.1 Å². The van der Waals surface area contributed by atoms with Crippen molar-refractivity contribution in [2.75, 3.05) is 9.80 Å². The van der Waals surface area contributed by atoms with E-state index in [0.717, 1.165) is 22.7 Å². The van der Waals surface area contributed by atoms with Gasteiger partial charge in [0.1, 0.15) is 0 Å². The molecule has 0 radical (unpaired) electrons. The van der Waals surface area contributed by atoms with Crippen LogP contribution in [0.25, 0.3) is 43.4 Å². The number of anilines is 6. The lowest BCUT2D eigenvalue weighted by atomic mass is 9.87. The molecule has 0 amide bonds. The molecule has 1 aliphatic rings. The Balaban J connectivity index is 1.22. The van der Waals surface area contributed by atoms with Gasteiger partial charge < -0.3 is 9.80 Å². The third-order valence-corrected chi connectivity index (χ3v) is 8.91. The molecule has 0 fully saturated rings. The lowest BCUT2D eigenvalue weighted by molar-refractivity contribution is 1.26. The summed E-state index contributed by atoms with van der Waals surface area (Å²) in [4.78, 5) is 4.77. The second-order valence-corrected chi connectivity index (χ2v) is 11.4. The van der Waals surface area contributed by atoms with E-state index in [4.69, 9.17) is 0 Å². The van der Waals surface area contributed by atoms with Crippen LogP contribution in [0.4, 0.5) is 34.1 Å². The normalized spacial score (nSPS) is 12.0. The van der Waals surface area contributed by atoms with Crippen molar-refractivity contribution < 1.29 is 0 Å². The Morgan fingerprint density at radius 2 is 1.02 bits per heavy atom. The van der Waals surface area contributed by atoms with E-state index in [2.05, 4.69) is 180 Å². The van der Waals surface area contributed by atoms with E-state index < -0.39 is 0 Å². The molecule has 0 bridgehead atoms. The van der Waals surface area contributed by atoms with Gasteiger partial charge in [-0.15, -0.1) is 0 Å². The quantitative estimate of drug-likeness (QED) is 0.211. The molecule has 0 aliphatic carbocycles. The second kappa shape index (κ2) is 9.86. The van der Waals surface area contributed by atoms with E-state index in [1.165, 1.54) is 54.8 Å². The minimum atomic E-state index is 1.12. The van der Waals surface area contributed by atoms with Gasteiger partial charge in [0.2, 0.25) is 0 Å². The van der Waals surface area contributed by atoms with Gasteiger partial charge in [-0.2, -0.15) is 0 Å². The first-order valence-electron chi connectivity index (χ1n) is 15.1. The van der Waals surface area contributed by atoms with Gasteiger partial charge in [-0.25, -0.2) is 0 Å². The molecule has 0 N–H and O–H groups in total. The average molecular weight is 561 g/mol. The molecular formula is C42H28N2. The standard InChI is InChI=1S/C42H28N2/c1-2-15-33(16-3-1)43(36-22-20-29-10-4-5-12-32(29)28-36)34-23-25-35(26-24-34)44-39-19-9-14-31-13-8-18-38(41(31)39)42-37-17-7-6-11-30(37)21-27-40(42)44/h1-28H. The summed E-state index contributed by atoms with van der Waals surface area (Å²) in [7, 11) is 0. The van der Waals surface area contributed by atoms with Crippen molar-refractivity contribution in [3.63, 3.8) is 0 Å². The minimum absolute atomic E-state index is 1.12. The van der Waals surface area contributed by atoms with Crippen LogP contribution in [-0.2, 0) is 0 Å². The summed E-state index contributed by atoms with van der Waals surface area (Å²) in [5, 5.41) is 7.56. The zero-order valence-corrected chi connectivity index (χ0v) is 24.1. The maximum Gasteiger partial charge on any atom is 0.0547 e. The van der Waals surface area contributed by atoms with Gasteiger partial charge in [-0.3, -0.25) is 0 Å². The third kappa shape index (κ3) is 3.82. The van der Waals surface area contributed by atoms with Gasteiger partial charge in [-0.05, 0) is 93.2 Å². The zero-order valence-electron chi connectivity index (χ0n) is 24.1. The molecule has 8 aromatic rings. The topological polar surface area (TPSA) is 6.48 Å². The van der Waals surface area contributed by atoms with E-state index in [-0.39, 0.29) is 0 Å². The van der Waals surface area contributed by atoms with E-state index in [9.17, 15) is 0 Å². The number of rotatable bonds is 4. The Hall–Kier alpha value is -5.86. The molecule has 44 heavy (non-hydrogen) atoms. The first-order valence-corrected chi connectivity index (χ1v) is 15.1. The number of benzene rings is 8.